The SMILES string of the molecule is CCCCCCCOc1ccc(N=Nc2ccc(OCCCCCC[N+](C)(C)C)c3ccccc23)cc1. The lowest BCUT2D eigenvalue weighted by molar-refractivity contribution is -0.870. The summed E-state index contributed by atoms with van der Waals surface area (Å²) in [5.74, 6) is 1.80. The molecule has 0 aliphatic rings. The van der Waals surface area contributed by atoms with E-state index in [9.17, 15) is 0 Å². The number of nitrogens with zero attached hydrogens (tertiary/aromatic N) is 3. The molecule has 0 N–H and O–H groups in total. The van der Waals surface area contributed by atoms with E-state index in [2.05, 4.69) is 50.4 Å². The van der Waals surface area contributed by atoms with E-state index < -0.39 is 0 Å². The molecule has 200 valence electrons. The molecule has 0 aliphatic carbocycles. The topological polar surface area (TPSA) is 43.2 Å². The Morgan fingerprint density at radius 3 is 1.97 bits per heavy atom. The van der Waals surface area contributed by atoms with Gasteiger partial charge in [-0.25, -0.2) is 0 Å². The Bertz CT molecular complexity index is 1090. The monoisotopic (exact) mass is 504 g/mol. The third-order valence-electron chi connectivity index (χ3n) is 6.47. The van der Waals surface area contributed by atoms with Gasteiger partial charge in [0.2, 0.25) is 0 Å². The molecule has 0 saturated heterocycles. The molecule has 0 saturated carbocycles. The molecule has 0 amide bonds. The molecule has 3 aromatic rings. The molecule has 5 heteroatoms. The van der Waals surface area contributed by atoms with E-state index in [1.54, 1.807) is 0 Å². The van der Waals surface area contributed by atoms with Crippen molar-refractivity contribution in [3.63, 3.8) is 0 Å². The van der Waals surface area contributed by atoms with Gasteiger partial charge in [0, 0.05) is 10.8 Å². The molecule has 0 radical (unpaired) electrons. The molecule has 0 spiro atoms. The van der Waals surface area contributed by atoms with E-state index in [4.69, 9.17) is 9.47 Å². The zero-order valence-electron chi connectivity index (χ0n) is 23.4. The van der Waals surface area contributed by atoms with Gasteiger partial charge in [-0.2, -0.15) is 5.11 Å². The number of unbranched alkanes of at least 4 members (excludes halogenated alkanes) is 7. The van der Waals surface area contributed by atoms with Crippen LogP contribution in [0.4, 0.5) is 11.4 Å². The fourth-order valence-electron chi connectivity index (χ4n) is 4.31. The fraction of sp³-hybridized carbons (Fsp3) is 0.500. The zero-order chi connectivity index (χ0) is 26.3. The Morgan fingerprint density at radius 1 is 0.622 bits per heavy atom. The van der Waals surface area contributed by atoms with E-state index in [1.165, 1.54) is 51.5 Å². The number of rotatable bonds is 17. The first-order valence-electron chi connectivity index (χ1n) is 14.1. The minimum absolute atomic E-state index is 0.738. The first kappa shape index (κ1) is 28.6. The highest BCUT2D eigenvalue weighted by Gasteiger charge is 2.08. The summed E-state index contributed by atoms with van der Waals surface area (Å²) in [5, 5.41) is 11.2. The molecular formula is C32H46N3O2+. The number of fused-ring (bicyclic) bond motifs is 1. The molecule has 0 aromatic heterocycles. The summed E-state index contributed by atoms with van der Waals surface area (Å²) in [6.45, 7) is 4.96. The predicted molar refractivity (Wildman–Crippen MR) is 156 cm³/mol. The summed E-state index contributed by atoms with van der Waals surface area (Å²) in [6.07, 6.45) is 11.0. The van der Waals surface area contributed by atoms with Gasteiger partial charge in [0.15, 0.2) is 0 Å². The van der Waals surface area contributed by atoms with Crippen LogP contribution >= 0.6 is 0 Å². The van der Waals surface area contributed by atoms with Crippen molar-refractivity contribution >= 4 is 22.1 Å². The molecule has 5 nitrogen and oxygen atoms in total. The van der Waals surface area contributed by atoms with Crippen LogP contribution in [-0.4, -0.2) is 45.4 Å². The summed E-state index contributed by atoms with van der Waals surface area (Å²) in [4.78, 5) is 0. The average molecular weight is 505 g/mol. The number of azo groups is 1. The second-order valence-corrected chi connectivity index (χ2v) is 10.9. The van der Waals surface area contributed by atoms with Gasteiger partial charge in [0.05, 0.1) is 52.3 Å². The van der Waals surface area contributed by atoms with Gasteiger partial charge in [0.25, 0.3) is 0 Å². The molecule has 0 unspecified atom stereocenters. The lowest BCUT2D eigenvalue weighted by Gasteiger charge is -2.23. The molecule has 0 aliphatic heterocycles. The summed E-state index contributed by atoms with van der Waals surface area (Å²) in [7, 11) is 6.75. The third-order valence-corrected chi connectivity index (χ3v) is 6.47. The van der Waals surface area contributed by atoms with Crippen LogP contribution in [0.1, 0.15) is 64.7 Å². The molecule has 3 rings (SSSR count). The number of hydrogen-bond donors (Lipinski definition) is 0. The van der Waals surface area contributed by atoms with Crippen LogP contribution in [0.15, 0.2) is 70.9 Å². The van der Waals surface area contributed by atoms with Gasteiger partial charge in [-0.15, -0.1) is 5.11 Å². The molecule has 37 heavy (non-hydrogen) atoms. The maximum atomic E-state index is 6.17. The molecule has 0 heterocycles. The highest BCUT2D eigenvalue weighted by molar-refractivity contribution is 5.96. The lowest BCUT2D eigenvalue weighted by atomic mass is 10.1. The van der Waals surface area contributed by atoms with Crippen LogP contribution in [0.3, 0.4) is 0 Å². The van der Waals surface area contributed by atoms with E-state index >= 15 is 0 Å². The van der Waals surface area contributed by atoms with Crippen molar-refractivity contribution in [2.75, 3.05) is 40.9 Å². The summed E-state index contributed by atoms with van der Waals surface area (Å²) in [5.41, 5.74) is 1.65. The van der Waals surface area contributed by atoms with E-state index in [0.717, 1.165) is 64.2 Å². The molecule has 0 fully saturated rings. The molecule has 0 atom stereocenters. The highest BCUT2D eigenvalue weighted by atomic mass is 16.5. The molecule has 0 bridgehead atoms. The van der Waals surface area contributed by atoms with Gasteiger partial charge in [-0.1, -0.05) is 56.9 Å². The second kappa shape index (κ2) is 15.4. The van der Waals surface area contributed by atoms with Crippen LogP contribution < -0.4 is 9.47 Å². The van der Waals surface area contributed by atoms with Crippen LogP contribution in [-0.2, 0) is 0 Å². The van der Waals surface area contributed by atoms with Crippen molar-refractivity contribution in [2.24, 2.45) is 10.2 Å². The van der Waals surface area contributed by atoms with Crippen molar-refractivity contribution in [1.82, 2.24) is 0 Å². The maximum Gasteiger partial charge on any atom is 0.127 e. The van der Waals surface area contributed by atoms with Crippen molar-refractivity contribution in [1.29, 1.82) is 0 Å². The zero-order valence-corrected chi connectivity index (χ0v) is 23.4. The largest absolute Gasteiger partial charge is 0.494 e. The van der Waals surface area contributed by atoms with Gasteiger partial charge in [-0.3, -0.25) is 0 Å². The predicted octanol–water partition coefficient (Wildman–Crippen LogP) is 9.25. The van der Waals surface area contributed by atoms with Crippen molar-refractivity contribution in [3.05, 3.63) is 60.7 Å². The Hall–Kier alpha value is -2.92. The van der Waals surface area contributed by atoms with Gasteiger partial charge in [0.1, 0.15) is 11.5 Å². The lowest BCUT2D eigenvalue weighted by Crippen LogP contribution is -2.35. The maximum absolute atomic E-state index is 6.17. The third kappa shape index (κ3) is 10.5. The fourth-order valence-corrected chi connectivity index (χ4v) is 4.31. The Balaban J connectivity index is 1.51. The quantitative estimate of drug-likeness (QED) is 0.104. The van der Waals surface area contributed by atoms with Crippen LogP contribution in [0.5, 0.6) is 11.5 Å². The smallest absolute Gasteiger partial charge is 0.127 e. The minimum atomic E-state index is 0.738. The average Bonchev–Trinajstić information content (AvgIpc) is 2.89. The molecular weight excluding hydrogens is 458 g/mol. The Labute approximate surface area is 224 Å². The van der Waals surface area contributed by atoms with E-state index in [-0.39, 0.29) is 0 Å². The summed E-state index contributed by atoms with van der Waals surface area (Å²) >= 11 is 0. The minimum Gasteiger partial charge on any atom is -0.494 e. The van der Waals surface area contributed by atoms with E-state index in [1.807, 2.05) is 48.5 Å². The summed E-state index contributed by atoms with van der Waals surface area (Å²) < 4.78 is 13.1. The highest BCUT2D eigenvalue weighted by Crippen LogP contribution is 2.34. The van der Waals surface area contributed by atoms with Crippen molar-refractivity contribution in [3.8, 4) is 11.5 Å². The van der Waals surface area contributed by atoms with Crippen LogP contribution in [0.2, 0.25) is 0 Å². The van der Waals surface area contributed by atoms with Crippen molar-refractivity contribution < 1.29 is 14.0 Å². The number of hydrogen-bond acceptors (Lipinski definition) is 4. The van der Waals surface area contributed by atoms with Gasteiger partial charge in [-0.05, 0) is 68.5 Å². The second-order valence-electron chi connectivity index (χ2n) is 10.9. The Morgan fingerprint density at radius 2 is 1.27 bits per heavy atom. The first-order chi connectivity index (χ1) is 18.0. The van der Waals surface area contributed by atoms with Crippen molar-refractivity contribution in [2.45, 2.75) is 64.7 Å². The van der Waals surface area contributed by atoms with Gasteiger partial charge >= 0.3 is 0 Å². The number of benzene rings is 3. The van der Waals surface area contributed by atoms with Crippen LogP contribution in [0.25, 0.3) is 10.8 Å². The van der Waals surface area contributed by atoms with Crippen LogP contribution in [0, 0.1) is 0 Å². The standard InChI is InChI=1S/C32H46N3O2/c1-5-6-7-9-14-25-36-28-20-18-27(19-21-28)33-34-31-22-23-32(30-17-12-11-16-29(30)31)37-26-15-10-8-13-24-35(2,3)4/h11-12,16-23H,5-10,13-15,24-26H2,1-4H3/q+1. The Kier molecular flexibility index (Phi) is 11.9. The normalized spacial score (nSPS) is 11.9. The van der Waals surface area contributed by atoms with Gasteiger partial charge < -0.3 is 14.0 Å². The van der Waals surface area contributed by atoms with E-state index in [0.29, 0.717) is 0 Å². The molecule has 3 aromatic carbocycles. The summed E-state index contributed by atoms with van der Waals surface area (Å²) in [6, 6.07) is 20.1. The number of ether oxygens (including phenoxy) is 2. The first-order valence-corrected chi connectivity index (χ1v) is 14.1. The number of quaternary nitrogens is 1.